The van der Waals surface area contributed by atoms with E-state index in [1.807, 2.05) is 24.3 Å². The highest BCUT2D eigenvalue weighted by molar-refractivity contribution is 6.69. The van der Waals surface area contributed by atoms with Gasteiger partial charge < -0.3 is 16.6 Å². The van der Waals surface area contributed by atoms with Crippen LogP contribution in [0.1, 0.15) is 26.3 Å². The summed E-state index contributed by atoms with van der Waals surface area (Å²) in [6, 6.07) is 13.5. The Balaban J connectivity index is 0.000000408. The smallest absolute Gasteiger partial charge is 0.317 e. The Labute approximate surface area is 173 Å². The first-order valence-electron chi connectivity index (χ1n) is 7.97. The Morgan fingerprint density at radius 2 is 1.43 bits per heavy atom. The van der Waals surface area contributed by atoms with Crippen LogP contribution in [-0.4, -0.2) is 47.1 Å². The normalized spacial score (nSPS) is 9.50. The summed E-state index contributed by atoms with van der Waals surface area (Å²) in [7, 11) is 3.43. The number of nitrogens with two attached hydrogens (primary N) is 2. The molecule has 152 valence electrons. The van der Waals surface area contributed by atoms with Gasteiger partial charge in [-0.1, -0.05) is 30.3 Å². The highest BCUT2D eigenvalue weighted by Gasteiger charge is 2.05. The van der Waals surface area contributed by atoms with E-state index in [1.165, 1.54) is 18.2 Å². The molecule has 0 radical (unpaired) electrons. The topological polar surface area (TPSA) is 127 Å². The van der Waals surface area contributed by atoms with Gasteiger partial charge in [0.05, 0.1) is 6.54 Å². The number of aliphatic carboxylic acids is 1. The van der Waals surface area contributed by atoms with Crippen LogP contribution in [0.3, 0.4) is 0 Å². The van der Waals surface area contributed by atoms with E-state index < -0.39 is 16.5 Å². The van der Waals surface area contributed by atoms with Crippen LogP contribution in [-0.2, 0) is 11.3 Å². The van der Waals surface area contributed by atoms with Crippen molar-refractivity contribution < 1.29 is 19.5 Å². The summed E-state index contributed by atoms with van der Waals surface area (Å²) in [5.41, 5.74) is 13.2. The Hall–Kier alpha value is -2.45. The summed E-state index contributed by atoms with van der Waals surface area (Å²) in [5, 5.41) is 6.84. The van der Waals surface area contributed by atoms with Gasteiger partial charge in [-0.15, -0.1) is 0 Å². The second kappa shape index (κ2) is 13.7. The van der Waals surface area contributed by atoms with Gasteiger partial charge in [-0.05, 0) is 61.1 Å². The van der Waals surface area contributed by atoms with Crippen molar-refractivity contribution in [2.75, 3.05) is 26.4 Å². The van der Waals surface area contributed by atoms with Crippen LogP contribution < -0.4 is 11.5 Å². The fourth-order valence-electron chi connectivity index (χ4n) is 1.69. The third kappa shape index (κ3) is 12.0. The zero-order valence-electron chi connectivity index (χ0n) is 15.6. The monoisotopic (exact) mass is 427 g/mol. The number of carboxylic acid groups (broad SMARTS) is 1. The summed E-state index contributed by atoms with van der Waals surface area (Å²) in [4.78, 5) is 32.6. The number of carbonyl (C=O) groups is 3. The van der Waals surface area contributed by atoms with Gasteiger partial charge in [0.15, 0.2) is 0 Å². The Morgan fingerprint density at radius 1 is 0.964 bits per heavy atom. The number of carboxylic acids is 1. The van der Waals surface area contributed by atoms with Crippen LogP contribution >= 0.6 is 23.2 Å². The molecule has 0 aromatic heterocycles. The molecule has 2 aromatic carbocycles. The Kier molecular flexibility index (Phi) is 12.5. The molecule has 0 saturated carbocycles. The van der Waals surface area contributed by atoms with Crippen molar-refractivity contribution >= 4 is 45.3 Å². The van der Waals surface area contributed by atoms with Crippen LogP contribution in [0.25, 0.3) is 0 Å². The van der Waals surface area contributed by atoms with Crippen LogP contribution in [0.5, 0.6) is 0 Å². The molecule has 0 amide bonds. The Bertz CT molecular complexity index is 752. The number of benzene rings is 2. The molecule has 0 aliphatic carbocycles. The van der Waals surface area contributed by atoms with Crippen LogP contribution in [0, 0.1) is 0 Å². The maximum atomic E-state index is 10.6. The molecule has 5 N–H and O–H groups in total. The molecule has 9 heteroatoms. The first-order chi connectivity index (χ1) is 13.1. The van der Waals surface area contributed by atoms with Crippen molar-refractivity contribution in [1.82, 2.24) is 4.90 Å². The van der Waals surface area contributed by atoms with E-state index in [0.29, 0.717) is 6.54 Å². The standard InChI is InChI=1S/C8H4Cl2O2.C7H10N2.C4H9NO2/c9-7(11)5-2-1-3-6(4-5)8(10)12;8-5-6-1-3-7(9)4-2-6;1-5(2)3-4(6)7/h1-4H;1-4H,5,8-9H2;3H2,1-2H3,(H,6,7). The minimum Gasteiger partial charge on any atom is -0.480 e. The van der Waals surface area contributed by atoms with Crippen molar-refractivity contribution in [3.05, 3.63) is 65.2 Å². The lowest BCUT2D eigenvalue weighted by Crippen LogP contribution is -2.20. The minimum absolute atomic E-state index is 0.111. The molecular weight excluding hydrogens is 405 g/mol. The molecule has 0 saturated heterocycles. The largest absolute Gasteiger partial charge is 0.480 e. The molecule has 0 unspecified atom stereocenters. The number of anilines is 1. The average Bonchev–Trinajstić information content (AvgIpc) is 2.62. The van der Waals surface area contributed by atoms with Crippen molar-refractivity contribution in [2.24, 2.45) is 5.73 Å². The predicted octanol–water partition coefficient (Wildman–Crippen LogP) is 2.80. The van der Waals surface area contributed by atoms with Gasteiger partial charge in [-0.25, -0.2) is 0 Å². The third-order valence-electron chi connectivity index (χ3n) is 2.98. The maximum absolute atomic E-state index is 10.6. The lowest BCUT2D eigenvalue weighted by atomic mass is 10.1. The predicted molar refractivity (Wildman–Crippen MR) is 112 cm³/mol. The summed E-state index contributed by atoms with van der Waals surface area (Å²) >= 11 is 10.4. The lowest BCUT2D eigenvalue weighted by molar-refractivity contribution is -0.137. The summed E-state index contributed by atoms with van der Waals surface area (Å²) in [6.07, 6.45) is 0. The average molecular weight is 428 g/mol. The third-order valence-corrected chi connectivity index (χ3v) is 3.42. The number of carbonyl (C=O) groups excluding carboxylic acids is 2. The second-order valence-corrected chi connectivity index (χ2v) is 6.39. The first kappa shape index (κ1) is 25.6. The number of nitrogens with zero attached hydrogens (tertiary/aromatic N) is 1. The van der Waals surface area contributed by atoms with Crippen molar-refractivity contribution in [3.63, 3.8) is 0 Å². The van der Waals surface area contributed by atoms with E-state index in [9.17, 15) is 14.4 Å². The van der Waals surface area contributed by atoms with Gasteiger partial charge in [0.1, 0.15) is 0 Å². The van der Waals surface area contributed by atoms with Crippen molar-refractivity contribution in [2.45, 2.75) is 6.54 Å². The van der Waals surface area contributed by atoms with E-state index in [0.717, 1.165) is 11.3 Å². The highest BCUT2D eigenvalue weighted by Crippen LogP contribution is 2.09. The molecule has 0 spiro atoms. The molecule has 2 rings (SSSR count). The zero-order valence-corrected chi connectivity index (χ0v) is 17.1. The number of likely N-dealkylation sites (N-methyl/N-ethyl adjacent to an activating group) is 1. The minimum atomic E-state index is -0.787. The molecule has 28 heavy (non-hydrogen) atoms. The van der Waals surface area contributed by atoms with Gasteiger partial charge in [0.2, 0.25) is 0 Å². The number of halogens is 2. The number of rotatable bonds is 5. The van der Waals surface area contributed by atoms with Gasteiger partial charge in [-0.3, -0.25) is 19.3 Å². The zero-order chi connectivity index (χ0) is 21.7. The lowest BCUT2D eigenvalue weighted by Gasteiger charge is -2.01. The molecule has 0 fully saturated rings. The Morgan fingerprint density at radius 3 is 1.71 bits per heavy atom. The molecule has 0 aliphatic rings. The van der Waals surface area contributed by atoms with Crippen LogP contribution in [0.15, 0.2) is 48.5 Å². The molecule has 0 bridgehead atoms. The molecular formula is C19H23Cl2N3O4. The van der Waals surface area contributed by atoms with E-state index in [-0.39, 0.29) is 17.7 Å². The van der Waals surface area contributed by atoms with Crippen LogP contribution in [0.2, 0.25) is 0 Å². The van der Waals surface area contributed by atoms with E-state index in [4.69, 9.17) is 39.8 Å². The van der Waals surface area contributed by atoms with Gasteiger partial charge >= 0.3 is 5.97 Å². The fourth-order valence-corrected chi connectivity index (χ4v) is 1.92. The molecule has 2 aromatic rings. The summed E-state index contributed by atoms with van der Waals surface area (Å²) in [6.45, 7) is 0.695. The van der Waals surface area contributed by atoms with E-state index >= 15 is 0 Å². The molecule has 0 aliphatic heterocycles. The highest BCUT2D eigenvalue weighted by atomic mass is 35.5. The van der Waals surface area contributed by atoms with Crippen molar-refractivity contribution in [1.29, 1.82) is 0 Å². The maximum Gasteiger partial charge on any atom is 0.317 e. The molecule has 0 atom stereocenters. The van der Waals surface area contributed by atoms with E-state index in [1.54, 1.807) is 25.1 Å². The number of hydrogen-bond donors (Lipinski definition) is 3. The number of hydrogen-bond acceptors (Lipinski definition) is 6. The quantitative estimate of drug-likeness (QED) is 0.494. The van der Waals surface area contributed by atoms with Crippen LogP contribution in [0.4, 0.5) is 5.69 Å². The summed E-state index contributed by atoms with van der Waals surface area (Å²) < 4.78 is 0. The SMILES string of the molecule is CN(C)CC(=O)O.NCc1ccc(N)cc1.O=C(Cl)c1cccc(C(=O)Cl)c1. The summed E-state index contributed by atoms with van der Waals surface area (Å²) in [5.74, 6) is -0.787. The van der Waals surface area contributed by atoms with Gasteiger partial charge in [-0.2, -0.15) is 0 Å². The molecule has 7 nitrogen and oxygen atoms in total. The van der Waals surface area contributed by atoms with Gasteiger partial charge in [0.25, 0.3) is 10.5 Å². The van der Waals surface area contributed by atoms with Gasteiger partial charge in [0, 0.05) is 23.4 Å². The second-order valence-electron chi connectivity index (χ2n) is 5.71. The first-order valence-corrected chi connectivity index (χ1v) is 8.73. The van der Waals surface area contributed by atoms with E-state index in [2.05, 4.69) is 0 Å². The van der Waals surface area contributed by atoms with Crippen molar-refractivity contribution in [3.8, 4) is 0 Å². The molecule has 0 heterocycles. The fraction of sp³-hybridized carbons (Fsp3) is 0.211. The number of nitrogen functional groups attached to an aromatic ring is 1.